The molecular weight excluding hydrogens is 268 g/mol. The Kier molecular flexibility index (Phi) is 3.52. The molecule has 0 spiro atoms. The fourth-order valence-corrected chi connectivity index (χ4v) is 3.65. The lowest BCUT2D eigenvalue weighted by atomic mass is 9.70. The molecule has 0 fully saturated rings. The van der Waals surface area contributed by atoms with Crippen LogP contribution in [-0.4, -0.2) is 4.98 Å². The van der Waals surface area contributed by atoms with Crippen molar-refractivity contribution in [2.24, 2.45) is 5.41 Å². The third-order valence-corrected chi connectivity index (χ3v) is 4.97. The van der Waals surface area contributed by atoms with Crippen molar-refractivity contribution in [1.29, 1.82) is 0 Å². The third-order valence-electron chi connectivity index (χ3n) is 4.25. The number of hydrogen-bond donors (Lipinski definition) is 2. The first kappa shape index (κ1) is 13.6. The van der Waals surface area contributed by atoms with E-state index in [0.717, 1.165) is 12.1 Å². The lowest BCUT2D eigenvalue weighted by Crippen LogP contribution is -2.38. The normalized spacial score (nSPS) is 20.6. The molecule has 1 aromatic carbocycles. The second kappa shape index (κ2) is 5.19. The SMILES string of the molecule is CC1(C)CCc2ccccc2C1NCc1csc(=O)[nH]1. The zero-order valence-electron chi connectivity index (χ0n) is 11.9. The van der Waals surface area contributed by atoms with Gasteiger partial charge in [-0.1, -0.05) is 49.4 Å². The van der Waals surface area contributed by atoms with E-state index in [0.29, 0.717) is 12.6 Å². The topological polar surface area (TPSA) is 44.9 Å². The minimum Gasteiger partial charge on any atom is -0.315 e. The van der Waals surface area contributed by atoms with Crippen molar-refractivity contribution in [1.82, 2.24) is 10.3 Å². The van der Waals surface area contributed by atoms with Crippen LogP contribution in [-0.2, 0) is 13.0 Å². The Bertz CT molecular complexity index is 656. The van der Waals surface area contributed by atoms with Crippen molar-refractivity contribution in [2.75, 3.05) is 0 Å². The average Bonchev–Trinajstić information content (AvgIpc) is 2.83. The lowest BCUT2D eigenvalue weighted by Gasteiger charge is -2.40. The van der Waals surface area contributed by atoms with E-state index >= 15 is 0 Å². The van der Waals surface area contributed by atoms with Crippen molar-refractivity contribution in [3.8, 4) is 0 Å². The summed E-state index contributed by atoms with van der Waals surface area (Å²) in [6.45, 7) is 5.34. The molecule has 1 aliphatic rings. The molecule has 0 saturated heterocycles. The molecule has 2 aromatic rings. The number of aromatic amines is 1. The average molecular weight is 288 g/mol. The summed E-state index contributed by atoms with van der Waals surface area (Å²) in [4.78, 5) is 14.1. The van der Waals surface area contributed by atoms with Crippen LogP contribution in [0.15, 0.2) is 34.4 Å². The van der Waals surface area contributed by atoms with Gasteiger partial charge in [-0.3, -0.25) is 4.79 Å². The summed E-state index contributed by atoms with van der Waals surface area (Å²) < 4.78 is 0. The van der Waals surface area contributed by atoms with Gasteiger partial charge in [0.1, 0.15) is 0 Å². The van der Waals surface area contributed by atoms with Crippen LogP contribution in [0.3, 0.4) is 0 Å². The van der Waals surface area contributed by atoms with Gasteiger partial charge in [0, 0.05) is 23.7 Å². The van der Waals surface area contributed by atoms with E-state index in [2.05, 4.69) is 48.4 Å². The number of aryl methyl sites for hydroxylation is 1. The van der Waals surface area contributed by atoms with E-state index in [1.165, 1.54) is 28.9 Å². The van der Waals surface area contributed by atoms with E-state index in [9.17, 15) is 4.79 Å². The fourth-order valence-electron chi connectivity index (χ4n) is 3.06. The number of rotatable bonds is 3. The van der Waals surface area contributed by atoms with Gasteiger partial charge in [0.05, 0.1) is 0 Å². The second-order valence-corrected chi connectivity index (χ2v) is 7.02. The van der Waals surface area contributed by atoms with Gasteiger partial charge in [0.25, 0.3) is 0 Å². The molecule has 1 aliphatic carbocycles. The highest BCUT2D eigenvalue weighted by Crippen LogP contribution is 2.43. The van der Waals surface area contributed by atoms with Crippen molar-refractivity contribution in [3.05, 3.63) is 56.1 Å². The van der Waals surface area contributed by atoms with E-state index < -0.39 is 0 Å². The monoisotopic (exact) mass is 288 g/mol. The molecule has 4 heteroatoms. The number of hydrogen-bond acceptors (Lipinski definition) is 3. The van der Waals surface area contributed by atoms with Crippen LogP contribution in [0.1, 0.15) is 43.1 Å². The van der Waals surface area contributed by atoms with Crippen molar-refractivity contribution in [3.63, 3.8) is 0 Å². The first-order valence-corrected chi connectivity index (χ1v) is 7.92. The van der Waals surface area contributed by atoms with E-state index in [1.807, 2.05) is 5.38 Å². The van der Waals surface area contributed by atoms with Gasteiger partial charge < -0.3 is 10.3 Å². The Balaban J connectivity index is 1.84. The van der Waals surface area contributed by atoms with Crippen LogP contribution in [0.5, 0.6) is 0 Å². The van der Waals surface area contributed by atoms with E-state index in [4.69, 9.17) is 0 Å². The summed E-state index contributed by atoms with van der Waals surface area (Å²) in [6, 6.07) is 9.01. The van der Waals surface area contributed by atoms with Gasteiger partial charge in [-0.2, -0.15) is 0 Å². The van der Waals surface area contributed by atoms with E-state index in [-0.39, 0.29) is 10.3 Å². The molecule has 20 heavy (non-hydrogen) atoms. The molecule has 0 radical (unpaired) electrons. The Morgan fingerprint density at radius 2 is 2.20 bits per heavy atom. The molecule has 0 aliphatic heterocycles. The van der Waals surface area contributed by atoms with Crippen LogP contribution in [0.4, 0.5) is 0 Å². The number of benzene rings is 1. The van der Waals surface area contributed by atoms with Crippen molar-refractivity contribution >= 4 is 11.3 Å². The number of aromatic nitrogens is 1. The van der Waals surface area contributed by atoms with Gasteiger partial charge in [0.2, 0.25) is 0 Å². The summed E-state index contributed by atoms with van der Waals surface area (Å²) in [7, 11) is 0. The zero-order valence-corrected chi connectivity index (χ0v) is 12.7. The van der Waals surface area contributed by atoms with Gasteiger partial charge in [-0.15, -0.1) is 0 Å². The summed E-state index contributed by atoms with van der Waals surface area (Å²) in [5.41, 5.74) is 4.05. The molecule has 2 N–H and O–H groups in total. The summed E-state index contributed by atoms with van der Waals surface area (Å²) in [6.07, 6.45) is 2.33. The molecule has 3 rings (SSSR count). The first-order valence-electron chi connectivity index (χ1n) is 7.04. The molecule has 106 valence electrons. The Hall–Kier alpha value is -1.39. The standard InChI is InChI=1S/C16H20N2OS/c1-16(2)8-7-11-5-3-4-6-13(11)14(16)17-9-12-10-20-15(19)18-12/h3-6,10,14,17H,7-9H2,1-2H3,(H,18,19). The maximum Gasteiger partial charge on any atom is 0.304 e. The smallest absolute Gasteiger partial charge is 0.304 e. The van der Waals surface area contributed by atoms with Crippen LogP contribution >= 0.6 is 11.3 Å². The van der Waals surface area contributed by atoms with Crippen LogP contribution in [0.25, 0.3) is 0 Å². The highest BCUT2D eigenvalue weighted by Gasteiger charge is 2.35. The lowest BCUT2D eigenvalue weighted by molar-refractivity contribution is 0.207. The number of thiazole rings is 1. The highest BCUT2D eigenvalue weighted by atomic mass is 32.1. The quantitative estimate of drug-likeness (QED) is 0.910. The predicted molar refractivity (Wildman–Crippen MR) is 83.1 cm³/mol. The number of nitrogens with one attached hydrogen (secondary N) is 2. The second-order valence-electron chi connectivity index (χ2n) is 6.17. The predicted octanol–water partition coefficient (Wildman–Crippen LogP) is 3.24. The molecule has 0 amide bonds. The van der Waals surface area contributed by atoms with Gasteiger partial charge in [0.15, 0.2) is 0 Å². The van der Waals surface area contributed by atoms with Gasteiger partial charge in [-0.25, -0.2) is 0 Å². The summed E-state index contributed by atoms with van der Waals surface area (Å²) >= 11 is 1.23. The minimum absolute atomic E-state index is 0.0186. The number of fused-ring (bicyclic) bond motifs is 1. The third kappa shape index (κ3) is 2.58. The maximum absolute atomic E-state index is 11.2. The molecule has 1 aromatic heterocycles. The fraction of sp³-hybridized carbons (Fsp3) is 0.438. The maximum atomic E-state index is 11.2. The Morgan fingerprint density at radius 3 is 2.95 bits per heavy atom. The van der Waals surface area contributed by atoms with Crippen LogP contribution < -0.4 is 10.2 Å². The Labute approximate surface area is 123 Å². The molecule has 0 saturated carbocycles. The minimum atomic E-state index is 0.0186. The van der Waals surface area contributed by atoms with Crippen LogP contribution in [0.2, 0.25) is 0 Å². The summed E-state index contributed by atoms with van der Waals surface area (Å²) in [5.74, 6) is 0. The van der Waals surface area contributed by atoms with Crippen molar-refractivity contribution < 1.29 is 0 Å². The molecule has 1 heterocycles. The Morgan fingerprint density at radius 1 is 1.40 bits per heavy atom. The highest BCUT2D eigenvalue weighted by molar-refractivity contribution is 7.07. The number of H-pyrrole nitrogens is 1. The van der Waals surface area contributed by atoms with Gasteiger partial charge in [-0.05, 0) is 29.4 Å². The molecule has 0 bridgehead atoms. The molecule has 3 nitrogen and oxygen atoms in total. The zero-order chi connectivity index (χ0) is 14.2. The van der Waals surface area contributed by atoms with E-state index in [1.54, 1.807) is 0 Å². The molecule has 1 unspecified atom stereocenters. The van der Waals surface area contributed by atoms with Crippen molar-refractivity contribution in [2.45, 2.75) is 39.3 Å². The largest absolute Gasteiger partial charge is 0.315 e. The molecule has 1 atom stereocenters. The van der Waals surface area contributed by atoms with Crippen LogP contribution in [0, 0.1) is 5.41 Å². The first-order chi connectivity index (χ1) is 9.56. The molecular formula is C16H20N2OS. The van der Waals surface area contributed by atoms with Gasteiger partial charge >= 0.3 is 4.87 Å². The summed E-state index contributed by atoms with van der Waals surface area (Å²) in [5, 5.41) is 5.53.